The van der Waals surface area contributed by atoms with Crippen LogP contribution in [0.2, 0.25) is 0 Å². The maximum Gasteiger partial charge on any atom is 0.254 e. The Bertz CT molecular complexity index is 501. The lowest BCUT2D eigenvalue weighted by atomic mass is 9.93. The lowest BCUT2D eigenvalue weighted by Gasteiger charge is -2.35. The van der Waals surface area contributed by atoms with E-state index in [1.807, 2.05) is 0 Å². The highest BCUT2D eigenvalue weighted by atomic mass is 79.9. The molecule has 0 saturated carbocycles. The molecule has 0 atom stereocenters. The zero-order chi connectivity index (χ0) is 14.8. The van der Waals surface area contributed by atoms with Crippen LogP contribution in [0.4, 0.5) is 5.69 Å². The molecule has 0 unspecified atom stereocenters. The number of carbonyl (C=O) groups excluding carboxylic acids is 1. The largest absolute Gasteiger partial charge is 0.399 e. The SMILES string of the molecule is CN(CC1(O)CCOCC1)C(=O)c1cc(N)ccc1Br. The predicted octanol–water partition coefficient (Wildman–Crippen LogP) is 1.64. The van der Waals surface area contributed by atoms with Crippen molar-refractivity contribution in [3.63, 3.8) is 0 Å². The van der Waals surface area contributed by atoms with Crippen LogP contribution in [0.15, 0.2) is 22.7 Å². The molecule has 110 valence electrons. The van der Waals surface area contributed by atoms with Gasteiger partial charge < -0.3 is 20.5 Å². The Kier molecular flexibility index (Phi) is 4.67. The lowest BCUT2D eigenvalue weighted by Crippen LogP contribution is -2.47. The summed E-state index contributed by atoms with van der Waals surface area (Å²) >= 11 is 3.35. The van der Waals surface area contributed by atoms with Crippen LogP contribution in [0.1, 0.15) is 23.2 Å². The highest BCUT2D eigenvalue weighted by molar-refractivity contribution is 9.10. The molecule has 1 fully saturated rings. The molecule has 2 rings (SSSR count). The highest BCUT2D eigenvalue weighted by Crippen LogP contribution is 2.24. The molecule has 0 spiro atoms. The van der Waals surface area contributed by atoms with Gasteiger partial charge in [0.15, 0.2) is 0 Å². The monoisotopic (exact) mass is 342 g/mol. The first kappa shape index (κ1) is 15.3. The predicted molar refractivity (Wildman–Crippen MR) is 80.5 cm³/mol. The molecular formula is C14H19BrN2O3. The molecule has 0 bridgehead atoms. The van der Waals surface area contributed by atoms with Crippen molar-refractivity contribution in [2.45, 2.75) is 18.4 Å². The lowest BCUT2D eigenvalue weighted by molar-refractivity contribution is -0.0734. The third-order valence-corrected chi connectivity index (χ3v) is 4.21. The summed E-state index contributed by atoms with van der Waals surface area (Å²) in [4.78, 5) is 14.0. The van der Waals surface area contributed by atoms with Crippen molar-refractivity contribution < 1.29 is 14.6 Å². The second-order valence-corrected chi connectivity index (χ2v) is 6.09. The molecule has 1 aliphatic heterocycles. The Hall–Kier alpha value is -1.11. The Balaban J connectivity index is 2.10. The number of hydrogen-bond donors (Lipinski definition) is 2. The summed E-state index contributed by atoms with van der Waals surface area (Å²) in [5.41, 5.74) is 5.89. The van der Waals surface area contributed by atoms with Crippen molar-refractivity contribution in [2.75, 3.05) is 32.5 Å². The third kappa shape index (κ3) is 3.50. The number of ether oxygens (including phenoxy) is 1. The van der Waals surface area contributed by atoms with Crippen molar-refractivity contribution in [2.24, 2.45) is 0 Å². The molecule has 1 saturated heterocycles. The average Bonchev–Trinajstić information content (AvgIpc) is 2.41. The number of amides is 1. The summed E-state index contributed by atoms with van der Waals surface area (Å²) in [5.74, 6) is -0.163. The van der Waals surface area contributed by atoms with Crippen molar-refractivity contribution in [1.82, 2.24) is 4.90 Å². The number of anilines is 1. The van der Waals surface area contributed by atoms with Crippen LogP contribution in [-0.2, 0) is 4.74 Å². The second-order valence-electron chi connectivity index (χ2n) is 5.24. The number of benzene rings is 1. The van der Waals surface area contributed by atoms with Gasteiger partial charge in [-0.2, -0.15) is 0 Å². The molecule has 1 aliphatic rings. The smallest absolute Gasteiger partial charge is 0.254 e. The molecule has 1 aromatic carbocycles. The fourth-order valence-electron chi connectivity index (χ4n) is 2.34. The normalized spacial score (nSPS) is 17.8. The van der Waals surface area contributed by atoms with Crippen molar-refractivity contribution in [3.05, 3.63) is 28.2 Å². The summed E-state index contributed by atoms with van der Waals surface area (Å²) in [7, 11) is 1.69. The Labute approximate surface area is 126 Å². The topological polar surface area (TPSA) is 75.8 Å². The minimum Gasteiger partial charge on any atom is -0.399 e. The molecule has 1 heterocycles. The number of carbonyl (C=O) groups is 1. The van der Waals surface area contributed by atoms with Gasteiger partial charge >= 0.3 is 0 Å². The first-order chi connectivity index (χ1) is 9.41. The minimum absolute atomic E-state index is 0.163. The van der Waals surface area contributed by atoms with E-state index in [0.29, 0.717) is 41.8 Å². The molecule has 0 radical (unpaired) electrons. The van der Waals surface area contributed by atoms with Crippen LogP contribution in [-0.4, -0.2) is 48.3 Å². The summed E-state index contributed by atoms with van der Waals surface area (Å²) in [6.45, 7) is 1.34. The fourth-order valence-corrected chi connectivity index (χ4v) is 2.75. The number of nitrogens with zero attached hydrogens (tertiary/aromatic N) is 1. The van der Waals surface area contributed by atoms with Crippen LogP contribution in [0, 0.1) is 0 Å². The Morgan fingerprint density at radius 3 is 2.80 bits per heavy atom. The molecule has 0 aromatic heterocycles. The van der Waals surface area contributed by atoms with Gasteiger partial charge in [-0.3, -0.25) is 4.79 Å². The maximum atomic E-state index is 12.4. The summed E-state index contributed by atoms with van der Waals surface area (Å²) < 4.78 is 5.94. The number of rotatable bonds is 3. The number of likely N-dealkylation sites (N-methyl/N-ethyl adjacent to an activating group) is 1. The highest BCUT2D eigenvalue weighted by Gasteiger charge is 2.32. The number of halogens is 1. The average molecular weight is 343 g/mol. The Morgan fingerprint density at radius 1 is 1.50 bits per heavy atom. The summed E-state index contributed by atoms with van der Waals surface area (Å²) in [6.07, 6.45) is 1.09. The molecule has 5 nitrogen and oxygen atoms in total. The van der Waals surface area contributed by atoms with Crippen LogP contribution in [0.3, 0.4) is 0 Å². The van der Waals surface area contributed by atoms with E-state index in [9.17, 15) is 9.90 Å². The molecular weight excluding hydrogens is 324 g/mol. The van der Waals surface area contributed by atoms with Gasteiger partial charge in [-0.1, -0.05) is 0 Å². The van der Waals surface area contributed by atoms with Crippen molar-refractivity contribution in [3.8, 4) is 0 Å². The van der Waals surface area contributed by atoms with Crippen LogP contribution in [0.5, 0.6) is 0 Å². The van der Waals surface area contributed by atoms with Crippen LogP contribution in [0.25, 0.3) is 0 Å². The summed E-state index contributed by atoms with van der Waals surface area (Å²) in [6, 6.07) is 5.11. The number of aliphatic hydroxyl groups is 1. The standard InChI is InChI=1S/C14H19BrN2O3/c1-17(9-14(19)4-6-20-7-5-14)13(18)11-8-10(16)2-3-12(11)15/h2-3,8,19H,4-7,9,16H2,1H3. The molecule has 6 heteroatoms. The molecule has 1 amide bonds. The van der Waals surface area contributed by atoms with Crippen molar-refractivity contribution in [1.29, 1.82) is 0 Å². The Morgan fingerprint density at radius 2 is 2.15 bits per heavy atom. The van der Waals surface area contributed by atoms with E-state index in [2.05, 4.69) is 15.9 Å². The van der Waals surface area contributed by atoms with E-state index in [1.165, 1.54) is 4.90 Å². The molecule has 0 aliphatic carbocycles. The van der Waals surface area contributed by atoms with Gasteiger partial charge in [-0.25, -0.2) is 0 Å². The maximum absolute atomic E-state index is 12.4. The van der Waals surface area contributed by atoms with Gasteiger partial charge in [0.1, 0.15) is 0 Å². The van der Waals surface area contributed by atoms with Crippen LogP contribution >= 0.6 is 15.9 Å². The second kappa shape index (κ2) is 6.11. The van der Waals surface area contributed by atoms with Crippen LogP contribution < -0.4 is 5.73 Å². The van der Waals surface area contributed by atoms with E-state index < -0.39 is 5.60 Å². The minimum atomic E-state index is -0.866. The van der Waals surface area contributed by atoms with E-state index in [-0.39, 0.29) is 12.5 Å². The quantitative estimate of drug-likeness (QED) is 0.819. The first-order valence-corrected chi connectivity index (χ1v) is 7.31. The summed E-state index contributed by atoms with van der Waals surface area (Å²) in [5, 5.41) is 10.5. The third-order valence-electron chi connectivity index (χ3n) is 3.52. The van der Waals surface area contributed by atoms with Gasteiger partial charge in [-0.05, 0) is 34.1 Å². The molecule has 3 N–H and O–H groups in total. The van der Waals surface area contributed by atoms with Gasteiger partial charge in [0.2, 0.25) is 0 Å². The van der Waals surface area contributed by atoms with E-state index >= 15 is 0 Å². The fraction of sp³-hybridized carbons (Fsp3) is 0.500. The molecule has 1 aromatic rings. The zero-order valence-electron chi connectivity index (χ0n) is 11.4. The van der Waals surface area contributed by atoms with Gasteiger partial charge in [0.25, 0.3) is 5.91 Å². The first-order valence-electron chi connectivity index (χ1n) is 6.52. The van der Waals surface area contributed by atoms with Gasteiger partial charge in [0.05, 0.1) is 11.2 Å². The number of hydrogen-bond acceptors (Lipinski definition) is 4. The van der Waals surface area contributed by atoms with E-state index in [0.717, 1.165) is 0 Å². The van der Waals surface area contributed by atoms with E-state index in [1.54, 1.807) is 25.2 Å². The number of nitrogen functional groups attached to an aromatic ring is 1. The number of nitrogens with two attached hydrogens (primary N) is 1. The molecule has 20 heavy (non-hydrogen) atoms. The van der Waals surface area contributed by atoms with Gasteiger partial charge in [0, 0.05) is 49.8 Å². The van der Waals surface area contributed by atoms with Gasteiger partial charge in [-0.15, -0.1) is 0 Å². The van der Waals surface area contributed by atoms with E-state index in [4.69, 9.17) is 10.5 Å². The van der Waals surface area contributed by atoms with Crippen molar-refractivity contribution >= 4 is 27.5 Å². The zero-order valence-corrected chi connectivity index (χ0v) is 13.0.